The van der Waals surface area contributed by atoms with Gasteiger partial charge in [-0.25, -0.2) is 0 Å². The second-order valence-electron chi connectivity index (χ2n) is 8.95. The van der Waals surface area contributed by atoms with Crippen LogP contribution in [-0.4, -0.2) is 54.4 Å². The molecule has 1 fully saturated rings. The first kappa shape index (κ1) is 23.2. The van der Waals surface area contributed by atoms with Crippen LogP contribution in [0.3, 0.4) is 0 Å². The minimum absolute atomic E-state index is 0.117. The normalized spacial score (nSPS) is 15.0. The van der Waals surface area contributed by atoms with Crippen molar-refractivity contribution in [3.63, 3.8) is 0 Å². The molecule has 0 saturated carbocycles. The minimum Gasteiger partial charge on any atom is -0.494 e. The van der Waals surface area contributed by atoms with Gasteiger partial charge in [0.1, 0.15) is 5.75 Å². The SMILES string of the molecule is CCC(CC)C(=O)N1CCN(C(=O)CCCOc2ccc(C(C)(C)C)cc2)CC1. The molecule has 0 radical (unpaired) electrons. The Balaban J connectivity index is 1.68. The number of hydrogen-bond acceptors (Lipinski definition) is 3. The van der Waals surface area contributed by atoms with Crippen molar-refractivity contribution in [1.29, 1.82) is 0 Å². The zero-order valence-corrected chi connectivity index (χ0v) is 18.9. The van der Waals surface area contributed by atoms with Gasteiger partial charge in [0.15, 0.2) is 0 Å². The molecule has 0 unspecified atom stereocenters. The molecule has 29 heavy (non-hydrogen) atoms. The highest BCUT2D eigenvalue weighted by atomic mass is 16.5. The lowest BCUT2D eigenvalue weighted by Gasteiger charge is -2.36. The molecule has 0 atom stereocenters. The fraction of sp³-hybridized carbons (Fsp3) is 0.667. The first-order valence-electron chi connectivity index (χ1n) is 11.1. The Morgan fingerprint density at radius 1 is 0.966 bits per heavy atom. The van der Waals surface area contributed by atoms with Crippen molar-refractivity contribution >= 4 is 11.8 Å². The summed E-state index contributed by atoms with van der Waals surface area (Å²) in [6.07, 6.45) is 2.95. The number of benzene rings is 1. The number of nitrogens with zero attached hydrogens (tertiary/aromatic N) is 2. The minimum atomic E-state index is 0.117. The van der Waals surface area contributed by atoms with Crippen molar-refractivity contribution in [2.75, 3.05) is 32.8 Å². The molecular weight excluding hydrogens is 364 g/mol. The van der Waals surface area contributed by atoms with Crippen LogP contribution < -0.4 is 4.74 Å². The molecule has 1 aliphatic heterocycles. The number of piperazine rings is 1. The standard InChI is InChI=1S/C24H38N2O3/c1-6-19(7-2)23(28)26-16-14-25(15-17-26)22(27)9-8-18-29-21-12-10-20(11-13-21)24(3,4)5/h10-13,19H,6-9,14-18H2,1-5H3. The highest BCUT2D eigenvalue weighted by Gasteiger charge is 2.27. The molecule has 0 N–H and O–H groups in total. The summed E-state index contributed by atoms with van der Waals surface area (Å²) >= 11 is 0. The second-order valence-corrected chi connectivity index (χ2v) is 8.95. The topological polar surface area (TPSA) is 49.9 Å². The van der Waals surface area contributed by atoms with Crippen LogP contribution in [-0.2, 0) is 15.0 Å². The maximum Gasteiger partial charge on any atom is 0.225 e. The van der Waals surface area contributed by atoms with Gasteiger partial charge in [0.05, 0.1) is 6.61 Å². The highest BCUT2D eigenvalue weighted by molar-refractivity contribution is 5.80. The summed E-state index contributed by atoms with van der Waals surface area (Å²) in [6, 6.07) is 8.20. The van der Waals surface area contributed by atoms with Crippen molar-refractivity contribution in [2.45, 2.75) is 65.7 Å². The number of carbonyl (C=O) groups excluding carboxylic acids is 2. The summed E-state index contributed by atoms with van der Waals surface area (Å²) in [5.74, 6) is 1.37. The van der Waals surface area contributed by atoms with Gasteiger partial charge in [0, 0.05) is 38.5 Å². The summed E-state index contributed by atoms with van der Waals surface area (Å²) in [5.41, 5.74) is 1.41. The molecule has 1 saturated heterocycles. The fourth-order valence-corrected chi connectivity index (χ4v) is 3.70. The molecule has 1 aliphatic rings. The Morgan fingerprint density at radius 2 is 1.52 bits per heavy atom. The van der Waals surface area contributed by atoms with Gasteiger partial charge in [-0.05, 0) is 42.4 Å². The Morgan fingerprint density at radius 3 is 2.03 bits per heavy atom. The van der Waals surface area contributed by atoms with Gasteiger partial charge in [0.2, 0.25) is 11.8 Å². The van der Waals surface area contributed by atoms with Gasteiger partial charge in [-0.2, -0.15) is 0 Å². The van der Waals surface area contributed by atoms with Crippen LogP contribution in [0.2, 0.25) is 0 Å². The van der Waals surface area contributed by atoms with Crippen LogP contribution >= 0.6 is 0 Å². The van der Waals surface area contributed by atoms with E-state index in [9.17, 15) is 9.59 Å². The van der Waals surface area contributed by atoms with Crippen molar-refractivity contribution < 1.29 is 14.3 Å². The zero-order chi connectivity index (χ0) is 21.4. The number of amides is 2. The molecule has 1 aromatic rings. The van der Waals surface area contributed by atoms with Crippen molar-refractivity contribution in [1.82, 2.24) is 9.80 Å². The predicted octanol–water partition coefficient (Wildman–Crippen LogP) is 4.25. The Labute approximate surface area is 176 Å². The van der Waals surface area contributed by atoms with Crippen molar-refractivity contribution in [2.24, 2.45) is 5.92 Å². The molecule has 0 bridgehead atoms. The van der Waals surface area contributed by atoms with Gasteiger partial charge >= 0.3 is 0 Å². The lowest BCUT2D eigenvalue weighted by atomic mass is 9.87. The summed E-state index contributed by atoms with van der Waals surface area (Å²) in [7, 11) is 0. The van der Waals surface area contributed by atoms with Gasteiger partial charge < -0.3 is 14.5 Å². The van der Waals surface area contributed by atoms with E-state index in [0.29, 0.717) is 45.6 Å². The molecule has 5 nitrogen and oxygen atoms in total. The molecule has 0 aromatic heterocycles. The maximum atomic E-state index is 12.5. The van der Waals surface area contributed by atoms with Crippen LogP contribution in [0.1, 0.15) is 65.9 Å². The van der Waals surface area contributed by atoms with E-state index in [4.69, 9.17) is 4.74 Å². The van der Waals surface area contributed by atoms with Crippen molar-refractivity contribution in [3.05, 3.63) is 29.8 Å². The Bertz CT molecular complexity index is 652. The second kappa shape index (κ2) is 10.7. The summed E-state index contributed by atoms with van der Waals surface area (Å²) in [5, 5.41) is 0. The number of hydrogen-bond donors (Lipinski definition) is 0. The maximum absolute atomic E-state index is 12.5. The molecule has 2 rings (SSSR count). The van der Waals surface area contributed by atoms with E-state index < -0.39 is 0 Å². The van der Waals surface area contributed by atoms with E-state index in [1.807, 2.05) is 21.9 Å². The smallest absolute Gasteiger partial charge is 0.225 e. The Kier molecular flexibility index (Phi) is 8.54. The highest BCUT2D eigenvalue weighted by Crippen LogP contribution is 2.24. The quantitative estimate of drug-likeness (QED) is 0.611. The third-order valence-electron chi connectivity index (χ3n) is 5.80. The fourth-order valence-electron chi connectivity index (χ4n) is 3.70. The third-order valence-corrected chi connectivity index (χ3v) is 5.80. The lowest BCUT2D eigenvalue weighted by molar-refractivity contribution is -0.142. The van der Waals surface area contributed by atoms with Crippen molar-refractivity contribution in [3.8, 4) is 5.75 Å². The van der Waals surface area contributed by atoms with Crippen LogP contribution in [0.5, 0.6) is 5.75 Å². The number of rotatable bonds is 8. The molecule has 0 spiro atoms. The molecule has 1 heterocycles. The van der Waals surface area contributed by atoms with Crippen LogP contribution in [0.25, 0.3) is 0 Å². The van der Waals surface area contributed by atoms with Crippen LogP contribution in [0.15, 0.2) is 24.3 Å². The van der Waals surface area contributed by atoms with E-state index >= 15 is 0 Å². The number of carbonyl (C=O) groups is 2. The van der Waals surface area contributed by atoms with E-state index in [1.165, 1.54) is 5.56 Å². The zero-order valence-electron chi connectivity index (χ0n) is 18.9. The van der Waals surface area contributed by atoms with E-state index in [0.717, 1.165) is 18.6 Å². The molecule has 1 aromatic carbocycles. The lowest BCUT2D eigenvalue weighted by Crippen LogP contribution is -2.51. The first-order valence-corrected chi connectivity index (χ1v) is 11.1. The summed E-state index contributed by atoms with van der Waals surface area (Å²) in [6.45, 7) is 13.8. The predicted molar refractivity (Wildman–Crippen MR) is 117 cm³/mol. The largest absolute Gasteiger partial charge is 0.494 e. The summed E-state index contributed by atoms with van der Waals surface area (Å²) in [4.78, 5) is 28.7. The molecule has 0 aliphatic carbocycles. The van der Waals surface area contributed by atoms with Gasteiger partial charge in [-0.1, -0.05) is 46.8 Å². The van der Waals surface area contributed by atoms with E-state index in [1.54, 1.807) is 0 Å². The summed E-state index contributed by atoms with van der Waals surface area (Å²) < 4.78 is 5.79. The Hall–Kier alpha value is -2.04. The van der Waals surface area contributed by atoms with Gasteiger partial charge in [-0.3, -0.25) is 9.59 Å². The first-order chi connectivity index (χ1) is 13.8. The molecule has 162 valence electrons. The van der Waals surface area contributed by atoms with Gasteiger partial charge in [0.25, 0.3) is 0 Å². The average molecular weight is 403 g/mol. The number of ether oxygens (including phenoxy) is 1. The molecule has 5 heteroatoms. The molecule has 2 amide bonds. The monoisotopic (exact) mass is 402 g/mol. The van der Waals surface area contributed by atoms with Crippen LogP contribution in [0, 0.1) is 5.92 Å². The van der Waals surface area contributed by atoms with Crippen LogP contribution in [0.4, 0.5) is 0 Å². The molecular formula is C24H38N2O3. The third kappa shape index (κ3) is 6.76. The average Bonchev–Trinajstić information content (AvgIpc) is 2.71. The van der Waals surface area contributed by atoms with E-state index in [2.05, 4.69) is 46.8 Å². The van der Waals surface area contributed by atoms with Gasteiger partial charge in [-0.15, -0.1) is 0 Å². The van der Waals surface area contributed by atoms with E-state index in [-0.39, 0.29) is 23.1 Å².